The summed E-state index contributed by atoms with van der Waals surface area (Å²) < 4.78 is 10.7. The van der Waals surface area contributed by atoms with Gasteiger partial charge in [-0.1, -0.05) is 23.7 Å². The van der Waals surface area contributed by atoms with E-state index in [1.165, 1.54) is 6.20 Å². The highest BCUT2D eigenvalue weighted by atomic mass is 35.5. The number of carbonyl (C=O) groups is 1. The predicted octanol–water partition coefficient (Wildman–Crippen LogP) is 4.44. The van der Waals surface area contributed by atoms with E-state index in [4.69, 9.17) is 21.1 Å². The summed E-state index contributed by atoms with van der Waals surface area (Å²) in [6.45, 7) is 2.48. The minimum Gasteiger partial charge on any atom is -0.495 e. The molecule has 3 N–H and O–H groups in total. The Kier molecular flexibility index (Phi) is 7.28. The summed E-state index contributed by atoms with van der Waals surface area (Å²) in [5.74, 6) is 1.10. The highest BCUT2D eigenvalue weighted by Gasteiger charge is 2.14. The lowest BCUT2D eigenvalue weighted by atomic mass is 10.1. The molecule has 0 aliphatic heterocycles. The van der Waals surface area contributed by atoms with Crippen molar-refractivity contribution in [2.24, 2.45) is 0 Å². The Morgan fingerprint density at radius 2 is 1.90 bits per heavy atom. The van der Waals surface area contributed by atoms with Crippen LogP contribution in [-0.2, 0) is 11.3 Å². The average molecular weight is 442 g/mol. The largest absolute Gasteiger partial charge is 0.495 e. The van der Waals surface area contributed by atoms with E-state index in [1.807, 2.05) is 25.1 Å². The zero-order chi connectivity index (χ0) is 22.4. The Bertz CT molecular complexity index is 1090. The zero-order valence-corrected chi connectivity index (χ0v) is 18.5. The Morgan fingerprint density at radius 3 is 2.61 bits per heavy atom. The molecule has 0 bridgehead atoms. The second kappa shape index (κ2) is 10.1. The van der Waals surface area contributed by atoms with E-state index in [0.29, 0.717) is 46.1 Å². The molecule has 2 aromatic carbocycles. The summed E-state index contributed by atoms with van der Waals surface area (Å²) in [5.41, 5.74) is 3.82. The van der Waals surface area contributed by atoms with Gasteiger partial charge in [0, 0.05) is 14.2 Å². The Labute approximate surface area is 186 Å². The number of halogens is 1. The van der Waals surface area contributed by atoms with E-state index in [2.05, 4.69) is 25.9 Å². The quantitative estimate of drug-likeness (QED) is 0.475. The van der Waals surface area contributed by atoms with Crippen LogP contribution >= 0.6 is 11.6 Å². The molecular formula is C22H24ClN5O3. The fourth-order valence-electron chi connectivity index (χ4n) is 3.00. The van der Waals surface area contributed by atoms with Crippen molar-refractivity contribution in [1.29, 1.82) is 0 Å². The van der Waals surface area contributed by atoms with Crippen molar-refractivity contribution in [3.63, 3.8) is 0 Å². The monoisotopic (exact) mass is 441 g/mol. The van der Waals surface area contributed by atoms with Crippen LogP contribution in [0.15, 0.2) is 42.6 Å². The van der Waals surface area contributed by atoms with E-state index in [0.717, 1.165) is 11.1 Å². The van der Waals surface area contributed by atoms with Crippen molar-refractivity contribution in [1.82, 2.24) is 15.3 Å². The van der Waals surface area contributed by atoms with Crippen LogP contribution in [0.5, 0.6) is 5.75 Å². The summed E-state index contributed by atoms with van der Waals surface area (Å²) in [7, 11) is 4.82. The van der Waals surface area contributed by atoms with Gasteiger partial charge in [-0.3, -0.25) is 4.79 Å². The molecule has 162 valence electrons. The van der Waals surface area contributed by atoms with Crippen molar-refractivity contribution < 1.29 is 14.3 Å². The molecule has 0 aliphatic carbocycles. The number of ether oxygens (including phenoxy) is 2. The standard InChI is InChI=1S/C22H24ClN5O3/c1-13-9-18(19(31-4)10-14(13)12-30-3)27-22-25-11-16(23)20(28-22)26-17-8-6-5-7-15(17)21(29)24-2/h5-11H,12H2,1-4H3,(H,24,29)(H2,25,26,27,28). The third kappa shape index (κ3) is 5.22. The number of carbonyl (C=O) groups excluding carboxylic acids is 1. The molecule has 3 rings (SSSR count). The molecule has 1 aromatic heterocycles. The number of para-hydroxylation sites is 1. The number of amides is 1. The molecule has 0 atom stereocenters. The van der Waals surface area contributed by atoms with Gasteiger partial charge in [0.1, 0.15) is 10.8 Å². The highest BCUT2D eigenvalue weighted by Crippen LogP contribution is 2.32. The molecule has 0 unspecified atom stereocenters. The number of rotatable bonds is 8. The minimum atomic E-state index is -0.219. The van der Waals surface area contributed by atoms with Gasteiger partial charge in [0.25, 0.3) is 5.91 Å². The van der Waals surface area contributed by atoms with E-state index >= 15 is 0 Å². The minimum absolute atomic E-state index is 0.219. The number of hydrogen-bond donors (Lipinski definition) is 3. The molecule has 31 heavy (non-hydrogen) atoms. The number of anilines is 4. The van der Waals surface area contributed by atoms with Gasteiger partial charge in [-0.2, -0.15) is 4.98 Å². The Balaban J connectivity index is 1.91. The number of hydrogen-bond acceptors (Lipinski definition) is 7. The molecular weight excluding hydrogens is 418 g/mol. The van der Waals surface area contributed by atoms with Crippen molar-refractivity contribution in [2.75, 3.05) is 31.9 Å². The summed E-state index contributed by atoms with van der Waals surface area (Å²) in [5, 5.41) is 9.22. The second-order valence-electron chi connectivity index (χ2n) is 6.68. The molecule has 0 saturated heterocycles. The van der Waals surface area contributed by atoms with E-state index in [-0.39, 0.29) is 5.91 Å². The molecule has 9 heteroatoms. The maximum Gasteiger partial charge on any atom is 0.253 e. The average Bonchev–Trinajstić information content (AvgIpc) is 2.77. The number of aryl methyl sites for hydroxylation is 1. The molecule has 0 spiro atoms. The van der Waals surface area contributed by atoms with Gasteiger partial charge in [0.15, 0.2) is 5.82 Å². The maximum atomic E-state index is 12.1. The van der Waals surface area contributed by atoms with Crippen molar-refractivity contribution in [3.8, 4) is 5.75 Å². The number of benzene rings is 2. The third-order valence-electron chi connectivity index (χ3n) is 4.60. The normalized spacial score (nSPS) is 10.5. The molecule has 3 aromatic rings. The van der Waals surface area contributed by atoms with Crippen molar-refractivity contribution in [3.05, 3.63) is 64.3 Å². The van der Waals surface area contributed by atoms with E-state index in [1.54, 1.807) is 39.5 Å². The van der Waals surface area contributed by atoms with E-state index in [9.17, 15) is 4.79 Å². The fraction of sp³-hybridized carbons (Fsp3) is 0.227. The summed E-state index contributed by atoms with van der Waals surface area (Å²) >= 11 is 6.30. The molecule has 8 nitrogen and oxygen atoms in total. The van der Waals surface area contributed by atoms with Gasteiger partial charge in [-0.05, 0) is 42.3 Å². The number of methoxy groups -OCH3 is 2. The number of nitrogens with zero attached hydrogens (tertiary/aromatic N) is 2. The molecule has 0 aliphatic rings. The lowest BCUT2D eigenvalue weighted by Crippen LogP contribution is -2.19. The molecule has 1 amide bonds. The second-order valence-corrected chi connectivity index (χ2v) is 7.08. The molecule has 1 heterocycles. The predicted molar refractivity (Wildman–Crippen MR) is 122 cm³/mol. The van der Waals surface area contributed by atoms with Crippen LogP contribution in [0.4, 0.5) is 23.1 Å². The molecule has 0 saturated carbocycles. The SMILES string of the molecule is CNC(=O)c1ccccc1Nc1nc(Nc2cc(C)c(COC)cc2OC)ncc1Cl. The summed E-state index contributed by atoms with van der Waals surface area (Å²) in [4.78, 5) is 20.9. The topological polar surface area (TPSA) is 97.4 Å². The van der Waals surface area contributed by atoms with Gasteiger partial charge >= 0.3 is 0 Å². The molecule has 0 radical (unpaired) electrons. The zero-order valence-electron chi connectivity index (χ0n) is 17.7. The fourth-order valence-corrected chi connectivity index (χ4v) is 3.13. The van der Waals surface area contributed by atoms with Gasteiger partial charge in [0.05, 0.1) is 36.9 Å². The first-order valence-electron chi connectivity index (χ1n) is 9.51. The number of aromatic nitrogens is 2. The van der Waals surface area contributed by atoms with Crippen LogP contribution < -0.4 is 20.7 Å². The van der Waals surface area contributed by atoms with Crippen LogP contribution in [0, 0.1) is 6.92 Å². The lowest BCUT2D eigenvalue weighted by molar-refractivity contribution is 0.0964. The van der Waals surface area contributed by atoms with Crippen LogP contribution in [0.25, 0.3) is 0 Å². The third-order valence-corrected chi connectivity index (χ3v) is 4.88. The first-order valence-corrected chi connectivity index (χ1v) is 9.88. The van der Waals surface area contributed by atoms with E-state index < -0.39 is 0 Å². The van der Waals surface area contributed by atoms with Gasteiger partial charge < -0.3 is 25.4 Å². The first kappa shape index (κ1) is 22.3. The summed E-state index contributed by atoms with van der Waals surface area (Å²) in [6, 6.07) is 10.9. The lowest BCUT2D eigenvalue weighted by Gasteiger charge is -2.15. The van der Waals surface area contributed by atoms with Crippen molar-refractivity contribution in [2.45, 2.75) is 13.5 Å². The van der Waals surface area contributed by atoms with Crippen LogP contribution in [0.1, 0.15) is 21.5 Å². The molecule has 0 fully saturated rings. The van der Waals surface area contributed by atoms with Gasteiger partial charge in [0.2, 0.25) is 5.95 Å². The van der Waals surface area contributed by atoms with Gasteiger partial charge in [-0.25, -0.2) is 4.98 Å². The number of nitrogens with one attached hydrogen (secondary N) is 3. The summed E-state index contributed by atoms with van der Waals surface area (Å²) in [6.07, 6.45) is 1.49. The smallest absolute Gasteiger partial charge is 0.253 e. The highest BCUT2D eigenvalue weighted by molar-refractivity contribution is 6.33. The van der Waals surface area contributed by atoms with Crippen molar-refractivity contribution >= 4 is 40.6 Å². The maximum absolute atomic E-state index is 12.1. The Morgan fingerprint density at radius 1 is 1.13 bits per heavy atom. The van der Waals surface area contributed by atoms with Crippen LogP contribution in [-0.4, -0.2) is 37.1 Å². The van der Waals surface area contributed by atoms with Crippen LogP contribution in [0.2, 0.25) is 5.02 Å². The van der Waals surface area contributed by atoms with Gasteiger partial charge in [-0.15, -0.1) is 0 Å². The van der Waals surface area contributed by atoms with Crippen LogP contribution in [0.3, 0.4) is 0 Å². The Hall–Kier alpha value is -3.36. The first-order chi connectivity index (χ1) is 15.0.